The maximum Gasteiger partial charge on any atom is 0.329 e. The highest BCUT2D eigenvalue weighted by Crippen LogP contribution is 2.25. The van der Waals surface area contributed by atoms with E-state index in [0.29, 0.717) is 36.3 Å². The second-order valence-electron chi connectivity index (χ2n) is 9.00. The van der Waals surface area contributed by atoms with E-state index in [1.807, 2.05) is 13.8 Å². The highest BCUT2D eigenvalue weighted by molar-refractivity contribution is 5.92. The molecule has 4 N–H and O–H groups in total. The molecule has 1 aromatic carbocycles. The number of nitrogens with zero attached hydrogens (tertiary/aromatic N) is 3. The third kappa shape index (κ3) is 6.28. The number of aliphatic hydroxyl groups is 1. The molecule has 2 heterocycles. The molecule has 0 spiro atoms. The summed E-state index contributed by atoms with van der Waals surface area (Å²) in [6.07, 6.45) is -0.553. The van der Waals surface area contributed by atoms with E-state index in [9.17, 15) is 29.7 Å². The Kier molecular flexibility index (Phi) is 8.46. The fraction of sp³-hybridized carbons (Fsp3) is 0.480. The van der Waals surface area contributed by atoms with Gasteiger partial charge in [-0.1, -0.05) is 6.07 Å². The van der Waals surface area contributed by atoms with Crippen molar-refractivity contribution in [3.8, 4) is 11.5 Å². The average Bonchev–Trinajstić information content (AvgIpc) is 3.32. The van der Waals surface area contributed by atoms with Crippen molar-refractivity contribution < 1.29 is 34.4 Å². The molecule has 11 nitrogen and oxygen atoms in total. The Labute approximate surface area is 209 Å². The number of nitrogens with one attached hydrogen (secondary N) is 1. The molecular weight excluding hydrogens is 468 g/mol. The third-order valence-corrected chi connectivity index (χ3v) is 6.24. The normalized spacial score (nSPS) is 16.9. The van der Waals surface area contributed by atoms with Gasteiger partial charge in [-0.2, -0.15) is 0 Å². The molecule has 11 heteroatoms. The van der Waals surface area contributed by atoms with Gasteiger partial charge in [0.15, 0.2) is 11.5 Å². The summed E-state index contributed by atoms with van der Waals surface area (Å²) < 4.78 is 5.45. The minimum Gasteiger partial charge on any atom is -0.504 e. The van der Waals surface area contributed by atoms with Crippen LogP contribution in [-0.2, 0) is 32.1 Å². The number of aromatic nitrogens is 2. The summed E-state index contributed by atoms with van der Waals surface area (Å²) in [5.74, 6) is -2.46. The summed E-state index contributed by atoms with van der Waals surface area (Å²) in [4.78, 5) is 48.4. The number of aryl methyl sites for hydroxylation is 3. The van der Waals surface area contributed by atoms with Gasteiger partial charge in [-0.25, -0.2) is 4.79 Å². The van der Waals surface area contributed by atoms with Crippen molar-refractivity contribution in [1.82, 2.24) is 20.2 Å². The van der Waals surface area contributed by atoms with Crippen molar-refractivity contribution in [1.29, 1.82) is 0 Å². The number of aromatic hydroxyl groups is 2. The summed E-state index contributed by atoms with van der Waals surface area (Å²) in [5, 5.41) is 31.7. The Morgan fingerprint density at radius 1 is 1.11 bits per heavy atom. The SMILES string of the molecule is Cc1nc(C)c(COC(=O)[C@@H]2CCCN2C(=O)[C@H](C)NC(=O)[C@H](O)Cc2ccc(O)c(O)c2)nc1C. The van der Waals surface area contributed by atoms with Gasteiger partial charge in [0.05, 0.1) is 22.8 Å². The van der Waals surface area contributed by atoms with Gasteiger partial charge in [0.25, 0.3) is 0 Å². The number of hydrogen-bond acceptors (Lipinski definition) is 9. The molecule has 0 aliphatic carbocycles. The largest absolute Gasteiger partial charge is 0.504 e. The lowest BCUT2D eigenvalue weighted by Gasteiger charge is -2.27. The Balaban J connectivity index is 1.56. The lowest BCUT2D eigenvalue weighted by atomic mass is 10.1. The summed E-state index contributed by atoms with van der Waals surface area (Å²) >= 11 is 0. The van der Waals surface area contributed by atoms with E-state index < -0.39 is 36.0 Å². The topological polar surface area (TPSA) is 162 Å². The number of phenols is 2. The maximum absolute atomic E-state index is 13.0. The average molecular weight is 501 g/mol. The molecule has 2 amide bonds. The molecule has 1 aliphatic rings. The van der Waals surface area contributed by atoms with Crippen molar-refractivity contribution in [3.05, 3.63) is 46.5 Å². The Hall–Kier alpha value is -3.73. The van der Waals surface area contributed by atoms with Crippen LogP contribution in [0.15, 0.2) is 18.2 Å². The zero-order valence-corrected chi connectivity index (χ0v) is 20.8. The Bertz CT molecular complexity index is 1150. The number of amides is 2. The lowest BCUT2D eigenvalue weighted by Crippen LogP contribution is -2.52. The van der Waals surface area contributed by atoms with Crippen LogP contribution in [0.4, 0.5) is 0 Å². The number of benzene rings is 1. The Morgan fingerprint density at radius 2 is 1.81 bits per heavy atom. The van der Waals surface area contributed by atoms with Gasteiger partial charge in [-0.05, 0) is 58.2 Å². The van der Waals surface area contributed by atoms with E-state index in [4.69, 9.17) is 4.74 Å². The monoisotopic (exact) mass is 500 g/mol. The smallest absolute Gasteiger partial charge is 0.329 e. The van der Waals surface area contributed by atoms with E-state index >= 15 is 0 Å². The van der Waals surface area contributed by atoms with Crippen LogP contribution in [0.1, 0.15) is 48.1 Å². The van der Waals surface area contributed by atoms with Crippen LogP contribution in [0.3, 0.4) is 0 Å². The van der Waals surface area contributed by atoms with Crippen molar-refractivity contribution in [2.24, 2.45) is 0 Å². The van der Waals surface area contributed by atoms with Gasteiger partial charge in [0.1, 0.15) is 24.8 Å². The first-order chi connectivity index (χ1) is 17.0. The van der Waals surface area contributed by atoms with E-state index in [1.54, 1.807) is 6.92 Å². The van der Waals surface area contributed by atoms with E-state index in [1.165, 1.54) is 30.0 Å². The number of carbonyl (C=O) groups is 3. The molecule has 0 unspecified atom stereocenters. The van der Waals surface area contributed by atoms with Crippen molar-refractivity contribution >= 4 is 17.8 Å². The first-order valence-electron chi connectivity index (χ1n) is 11.7. The van der Waals surface area contributed by atoms with Crippen molar-refractivity contribution in [3.63, 3.8) is 0 Å². The fourth-order valence-corrected chi connectivity index (χ4v) is 4.04. The number of aliphatic hydroxyl groups excluding tert-OH is 1. The van der Waals surface area contributed by atoms with Gasteiger partial charge in [0.2, 0.25) is 11.8 Å². The van der Waals surface area contributed by atoms with Crippen LogP contribution >= 0.6 is 0 Å². The van der Waals surface area contributed by atoms with E-state index in [-0.39, 0.29) is 24.5 Å². The summed E-state index contributed by atoms with van der Waals surface area (Å²) in [6, 6.07) is 2.20. The van der Waals surface area contributed by atoms with E-state index in [2.05, 4.69) is 15.3 Å². The van der Waals surface area contributed by atoms with Gasteiger partial charge in [-0.15, -0.1) is 0 Å². The first kappa shape index (κ1) is 26.9. The van der Waals surface area contributed by atoms with Crippen molar-refractivity contribution in [2.75, 3.05) is 6.54 Å². The molecule has 1 fully saturated rings. The van der Waals surface area contributed by atoms with Crippen molar-refractivity contribution in [2.45, 2.75) is 71.8 Å². The number of rotatable bonds is 8. The summed E-state index contributed by atoms with van der Waals surface area (Å²) in [6.45, 7) is 7.24. The highest BCUT2D eigenvalue weighted by atomic mass is 16.5. The number of phenolic OH excluding ortho intramolecular Hbond substituents is 2. The molecule has 2 aromatic rings. The van der Waals surface area contributed by atoms with Crippen LogP contribution in [0.2, 0.25) is 0 Å². The predicted molar refractivity (Wildman–Crippen MR) is 128 cm³/mol. The Morgan fingerprint density at radius 3 is 2.50 bits per heavy atom. The zero-order chi connectivity index (χ0) is 26.6. The number of hydrogen-bond donors (Lipinski definition) is 4. The first-order valence-corrected chi connectivity index (χ1v) is 11.7. The van der Waals surface area contributed by atoms with Gasteiger partial charge in [-0.3, -0.25) is 19.6 Å². The van der Waals surface area contributed by atoms with Crippen LogP contribution in [0.5, 0.6) is 11.5 Å². The van der Waals surface area contributed by atoms with E-state index in [0.717, 1.165) is 11.4 Å². The number of carbonyl (C=O) groups excluding carboxylic acids is 3. The molecule has 194 valence electrons. The second kappa shape index (κ2) is 11.3. The van der Waals surface area contributed by atoms with Gasteiger partial charge >= 0.3 is 5.97 Å². The minimum absolute atomic E-state index is 0.0530. The molecule has 1 aliphatic heterocycles. The van der Waals surface area contributed by atoms with Crippen LogP contribution < -0.4 is 5.32 Å². The summed E-state index contributed by atoms with van der Waals surface area (Å²) in [7, 11) is 0. The minimum atomic E-state index is -1.48. The molecule has 0 bridgehead atoms. The zero-order valence-electron chi connectivity index (χ0n) is 20.8. The molecule has 0 radical (unpaired) electrons. The molecular formula is C25H32N4O7. The van der Waals surface area contributed by atoms with Gasteiger partial charge < -0.3 is 30.3 Å². The number of ether oxygens (including phenoxy) is 1. The quantitative estimate of drug-likeness (QED) is 0.305. The molecule has 1 aromatic heterocycles. The fourth-order valence-electron chi connectivity index (χ4n) is 4.04. The number of likely N-dealkylation sites (tertiary alicyclic amines) is 1. The highest BCUT2D eigenvalue weighted by Gasteiger charge is 2.37. The molecule has 3 atom stereocenters. The number of esters is 1. The predicted octanol–water partition coefficient (Wildman–Crippen LogP) is 0.956. The van der Waals surface area contributed by atoms with Crippen LogP contribution in [0.25, 0.3) is 0 Å². The molecule has 36 heavy (non-hydrogen) atoms. The lowest BCUT2D eigenvalue weighted by molar-refractivity contribution is -0.155. The third-order valence-electron chi connectivity index (χ3n) is 6.24. The van der Waals surface area contributed by atoms with Crippen LogP contribution in [0, 0.1) is 20.8 Å². The molecule has 1 saturated heterocycles. The second-order valence-corrected chi connectivity index (χ2v) is 9.00. The summed E-state index contributed by atoms with van der Waals surface area (Å²) in [5.41, 5.74) is 3.20. The van der Waals surface area contributed by atoms with Gasteiger partial charge in [0, 0.05) is 13.0 Å². The standard InChI is InChI=1S/C25H32N4O7/c1-13-14(2)27-18(15(3)26-13)12-36-25(35)19-6-5-9-29(19)24(34)16(4)28-23(33)22(32)11-17-7-8-20(30)21(31)10-17/h7-8,10,16,19,22,30-32H,5-6,9,11-12H2,1-4H3,(H,28,33)/t16-,19-,22+/m0/s1. The van der Waals surface area contributed by atoms with Crippen LogP contribution in [-0.4, -0.2) is 72.7 Å². The molecule has 0 saturated carbocycles. The maximum atomic E-state index is 13.0. The molecule has 3 rings (SSSR count).